The Morgan fingerprint density at radius 3 is 2.56 bits per heavy atom. The number of rotatable bonds is 3. The summed E-state index contributed by atoms with van der Waals surface area (Å²) in [6.07, 6.45) is 0. The van der Waals surface area contributed by atoms with Gasteiger partial charge in [-0.2, -0.15) is 5.26 Å². The Bertz CT molecular complexity index is 423. The van der Waals surface area contributed by atoms with Crippen molar-refractivity contribution in [1.29, 1.82) is 5.26 Å². The second-order valence-corrected chi connectivity index (χ2v) is 3.71. The SMILES string of the molecule is CN(C)c1ccc([C@H](N)CN)c(F)c1C#N. The van der Waals surface area contributed by atoms with Crippen LogP contribution in [-0.2, 0) is 0 Å². The summed E-state index contributed by atoms with van der Waals surface area (Å²) in [6.45, 7) is 0.142. The van der Waals surface area contributed by atoms with Gasteiger partial charge in [-0.15, -0.1) is 0 Å². The molecular formula is C11H15FN4. The minimum absolute atomic E-state index is 0.00593. The first-order valence-corrected chi connectivity index (χ1v) is 4.88. The van der Waals surface area contributed by atoms with E-state index in [0.717, 1.165) is 0 Å². The van der Waals surface area contributed by atoms with E-state index in [0.29, 0.717) is 5.69 Å². The lowest BCUT2D eigenvalue weighted by Crippen LogP contribution is -2.23. The Morgan fingerprint density at radius 1 is 1.50 bits per heavy atom. The molecule has 5 heteroatoms. The van der Waals surface area contributed by atoms with E-state index in [-0.39, 0.29) is 17.7 Å². The van der Waals surface area contributed by atoms with Crippen molar-refractivity contribution in [2.24, 2.45) is 11.5 Å². The number of halogens is 1. The van der Waals surface area contributed by atoms with Crippen LogP contribution in [0.1, 0.15) is 17.2 Å². The summed E-state index contributed by atoms with van der Waals surface area (Å²) in [6, 6.07) is 4.52. The minimum atomic E-state index is -0.580. The Morgan fingerprint density at radius 2 is 2.12 bits per heavy atom. The largest absolute Gasteiger partial charge is 0.377 e. The van der Waals surface area contributed by atoms with Crippen molar-refractivity contribution < 1.29 is 4.39 Å². The van der Waals surface area contributed by atoms with E-state index in [1.807, 2.05) is 6.07 Å². The molecule has 0 aliphatic carbocycles. The molecule has 0 aliphatic heterocycles. The zero-order valence-electron chi connectivity index (χ0n) is 9.37. The van der Waals surface area contributed by atoms with Crippen molar-refractivity contribution >= 4 is 5.69 Å². The third-order valence-electron chi connectivity index (χ3n) is 2.40. The summed E-state index contributed by atoms with van der Waals surface area (Å²) in [7, 11) is 3.50. The monoisotopic (exact) mass is 222 g/mol. The highest BCUT2D eigenvalue weighted by atomic mass is 19.1. The van der Waals surface area contributed by atoms with Crippen LogP contribution >= 0.6 is 0 Å². The molecule has 1 aromatic carbocycles. The van der Waals surface area contributed by atoms with Crippen LogP contribution in [0.2, 0.25) is 0 Å². The van der Waals surface area contributed by atoms with E-state index in [2.05, 4.69) is 0 Å². The molecule has 4 N–H and O–H groups in total. The molecule has 1 atom stereocenters. The van der Waals surface area contributed by atoms with E-state index < -0.39 is 11.9 Å². The minimum Gasteiger partial charge on any atom is -0.377 e. The van der Waals surface area contributed by atoms with Crippen LogP contribution in [0.25, 0.3) is 0 Å². The fourth-order valence-electron chi connectivity index (χ4n) is 1.47. The first kappa shape index (κ1) is 12.4. The molecule has 0 spiro atoms. The van der Waals surface area contributed by atoms with Crippen molar-refractivity contribution in [2.75, 3.05) is 25.5 Å². The van der Waals surface area contributed by atoms with Crippen LogP contribution < -0.4 is 16.4 Å². The molecule has 0 fully saturated rings. The van der Waals surface area contributed by atoms with Gasteiger partial charge in [-0.1, -0.05) is 6.07 Å². The molecule has 0 unspecified atom stereocenters. The fraction of sp³-hybridized carbons (Fsp3) is 0.364. The molecule has 0 saturated heterocycles. The molecule has 0 radical (unpaired) electrons. The molecule has 0 saturated carbocycles. The number of nitriles is 1. The van der Waals surface area contributed by atoms with Gasteiger partial charge >= 0.3 is 0 Å². The van der Waals surface area contributed by atoms with Gasteiger partial charge in [0.05, 0.1) is 5.69 Å². The molecule has 1 aromatic rings. The van der Waals surface area contributed by atoms with Crippen molar-refractivity contribution in [3.8, 4) is 6.07 Å². The first-order chi connectivity index (χ1) is 7.52. The van der Waals surface area contributed by atoms with Gasteiger partial charge in [0.25, 0.3) is 0 Å². The molecule has 0 aromatic heterocycles. The van der Waals surface area contributed by atoms with Crippen LogP contribution in [-0.4, -0.2) is 20.6 Å². The third kappa shape index (κ3) is 2.13. The molecule has 0 bridgehead atoms. The topological polar surface area (TPSA) is 79.1 Å². The van der Waals surface area contributed by atoms with Gasteiger partial charge < -0.3 is 16.4 Å². The zero-order valence-corrected chi connectivity index (χ0v) is 9.37. The maximum Gasteiger partial charge on any atom is 0.147 e. The van der Waals surface area contributed by atoms with Crippen molar-refractivity contribution in [2.45, 2.75) is 6.04 Å². The van der Waals surface area contributed by atoms with E-state index in [4.69, 9.17) is 16.7 Å². The second-order valence-electron chi connectivity index (χ2n) is 3.71. The molecule has 4 nitrogen and oxygen atoms in total. The quantitative estimate of drug-likeness (QED) is 0.789. The summed E-state index contributed by atoms with van der Waals surface area (Å²) in [5.41, 5.74) is 11.9. The van der Waals surface area contributed by atoms with E-state index in [9.17, 15) is 4.39 Å². The fourth-order valence-corrected chi connectivity index (χ4v) is 1.47. The van der Waals surface area contributed by atoms with E-state index in [1.54, 1.807) is 31.1 Å². The summed E-state index contributed by atoms with van der Waals surface area (Å²) in [5, 5.41) is 8.94. The number of hydrogen-bond acceptors (Lipinski definition) is 4. The van der Waals surface area contributed by atoms with Crippen LogP contribution in [0.5, 0.6) is 0 Å². The van der Waals surface area contributed by atoms with Gasteiger partial charge in [-0.3, -0.25) is 0 Å². The van der Waals surface area contributed by atoms with Crippen LogP contribution in [0.15, 0.2) is 12.1 Å². The first-order valence-electron chi connectivity index (χ1n) is 4.88. The summed E-state index contributed by atoms with van der Waals surface area (Å²) >= 11 is 0. The van der Waals surface area contributed by atoms with Crippen LogP contribution in [0, 0.1) is 17.1 Å². The summed E-state index contributed by atoms with van der Waals surface area (Å²) in [5.74, 6) is -0.577. The van der Waals surface area contributed by atoms with Gasteiger partial charge in [0.15, 0.2) is 0 Å². The summed E-state index contributed by atoms with van der Waals surface area (Å²) < 4.78 is 13.9. The average molecular weight is 222 g/mol. The number of nitrogens with zero attached hydrogens (tertiary/aromatic N) is 2. The van der Waals surface area contributed by atoms with Crippen LogP contribution in [0.3, 0.4) is 0 Å². The Balaban J connectivity index is 3.36. The van der Waals surface area contributed by atoms with Gasteiger partial charge in [0.1, 0.15) is 17.4 Å². The molecular weight excluding hydrogens is 207 g/mol. The maximum absolute atomic E-state index is 13.9. The smallest absolute Gasteiger partial charge is 0.147 e. The van der Waals surface area contributed by atoms with Crippen molar-refractivity contribution in [3.05, 3.63) is 29.1 Å². The third-order valence-corrected chi connectivity index (χ3v) is 2.40. The highest BCUT2D eigenvalue weighted by Crippen LogP contribution is 2.26. The molecule has 0 heterocycles. The van der Waals surface area contributed by atoms with Gasteiger partial charge in [-0.05, 0) is 6.07 Å². The maximum atomic E-state index is 13.9. The van der Waals surface area contributed by atoms with Gasteiger partial charge in [-0.25, -0.2) is 4.39 Å². The molecule has 1 rings (SSSR count). The highest BCUT2D eigenvalue weighted by Gasteiger charge is 2.17. The van der Waals surface area contributed by atoms with Gasteiger partial charge in [0.2, 0.25) is 0 Å². The lowest BCUT2D eigenvalue weighted by Gasteiger charge is -2.18. The number of hydrogen-bond donors (Lipinski definition) is 2. The molecule has 0 aliphatic rings. The molecule has 16 heavy (non-hydrogen) atoms. The average Bonchev–Trinajstić information content (AvgIpc) is 2.27. The summed E-state index contributed by atoms with van der Waals surface area (Å²) in [4.78, 5) is 1.68. The zero-order chi connectivity index (χ0) is 12.3. The number of anilines is 1. The highest BCUT2D eigenvalue weighted by molar-refractivity contribution is 5.60. The lowest BCUT2D eigenvalue weighted by atomic mass is 10.0. The standard InChI is InChI=1S/C11H15FN4/c1-16(2)10-4-3-7(9(15)6-14)11(12)8(10)5-13/h3-4,9H,6,14-15H2,1-2H3/t9-/m1/s1. The second kappa shape index (κ2) is 4.92. The predicted octanol–water partition coefficient (Wildman–Crippen LogP) is 0.722. The number of benzene rings is 1. The molecule has 0 amide bonds. The van der Waals surface area contributed by atoms with E-state index in [1.165, 1.54) is 0 Å². The van der Waals surface area contributed by atoms with Crippen LogP contribution in [0.4, 0.5) is 10.1 Å². The molecule has 86 valence electrons. The number of nitrogens with two attached hydrogens (primary N) is 2. The lowest BCUT2D eigenvalue weighted by molar-refractivity contribution is 0.581. The Labute approximate surface area is 94.3 Å². The normalized spacial score (nSPS) is 12.0. The van der Waals surface area contributed by atoms with Crippen molar-refractivity contribution in [3.63, 3.8) is 0 Å². The predicted molar refractivity (Wildman–Crippen MR) is 61.4 cm³/mol. The Hall–Kier alpha value is -1.64. The van der Waals surface area contributed by atoms with Gasteiger partial charge in [0, 0.05) is 32.2 Å². The van der Waals surface area contributed by atoms with E-state index >= 15 is 0 Å². The Kier molecular flexibility index (Phi) is 3.82. The van der Waals surface area contributed by atoms with Crippen molar-refractivity contribution in [1.82, 2.24) is 0 Å².